The molecular weight excluding hydrogens is 309 g/mol. The summed E-state index contributed by atoms with van der Waals surface area (Å²) in [6.07, 6.45) is 2.12. The molecule has 0 atom stereocenters. The number of fused-ring (bicyclic) bond motifs is 1. The van der Waals surface area contributed by atoms with Crippen molar-refractivity contribution in [2.24, 2.45) is 0 Å². The van der Waals surface area contributed by atoms with Crippen LogP contribution in [-0.4, -0.2) is 29.6 Å². The van der Waals surface area contributed by atoms with Crippen LogP contribution < -0.4 is 5.32 Å². The molecule has 0 spiro atoms. The van der Waals surface area contributed by atoms with Gasteiger partial charge in [-0.25, -0.2) is 19.2 Å². The first-order valence-electron chi connectivity index (χ1n) is 7.49. The number of methoxy groups -OCH3 is 1. The summed E-state index contributed by atoms with van der Waals surface area (Å²) in [6.45, 7) is 0.581. The van der Waals surface area contributed by atoms with Gasteiger partial charge in [0, 0.05) is 6.54 Å². The first-order valence-corrected chi connectivity index (χ1v) is 7.49. The molecule has 0 unspecified atom stereocenters. The lowest BCUT2D eigenvalue weighted by Crippen LogP contribution is -2.08. The molecule has 3 rings (SSSR count). The van der Waals surface area contributed by atoms with Crippen LogP contribution in [0, 0.1) is 5.82 Å². The molecule has 0 radical (unpaired) electrons. The lowest BCUT2D eigenvalue weighted by atomic mass is 10.1. The van der Waals surface area contributed by atoms with Gasteiger partial charge in [0.2, 0.25) is 0 Å². The maximum Gasteiger partial charge on any atom is 0.337 e. The van der Waals surface area contributed by atoms with E-state index in [-0.39, 0.29) is 11.8 Å². The van der Waals surface area contributed by atoms with Gasteiger partial charge in [-0.1, -0.05) is 18.2 Å². The summed E-state index contributed by atoms with van der Waals surface area (Å²) in [7, 11) is 1.35. The van der Waals surface area contributed by atoms with Crippen LogP contribution in [-0.2, 0) is 11.2 Å². The van der Waals surface area contributed by atoms with Gasteiger partial charge in [0.05, 0.1) is 23.6 Å². The zero-order chi connectivity index (χ0) is 16.9. The topological polar surface area (TPSA) is 64.1 Å². The van der Waals surface area contributed by atoms with Gasteiger partial charge in [0.1, 0.15) is 18.0 Å². The van der Waals surface area contributed by atoms with Gasteiger partial charge in [0.15, 0.2) is 0 Å². The molecule has 24 heavy (non-hydrogen) atoms. The number of ether oxygens (including phenoxy) is 1. The number of hydrogen-bond acceptors (Lipinski definition) is 5. The second-order valence-corrected chi connectivity index (χ2v) is 5.22. The molecule has 0 saturated carbocycles. The molecule has 6 heteroatoms. The highest BCUT2D eigenvalue weighted by Gasteiger charge is 2.08. The average molecular weight is 325 g/mol. The number of nitrogens with zero attached hydrogens (tertiary/aromatic N) is 2. The third kappa shape index (κ3) is 3.32. The van der Waals surface area contributed by atoms with Gasteiger partial charge in [0.25, 0.3) is 0 Å². The van der Waals surface area contributed by atoms with Crippen molar-refractivity contribution in [2.75, 3.05) is 19.0 Å². The molecule has 0 bridgehead atoms. The predicted octanol–water partition coefficient (Wildman–Crippen LogP) is 3.21. The minimum Gasteiger partial charge on any atom is -0.465 e. The molecule has 2 aromatic carbocycles. The van der Waals surface area contributed by atoms with Crippen LogP contribution in [0.3, 0.4) is 0 Å². The normalized spacial score (nSPS) is 10.6. The lowest BCUT2D eigenvalue weighted by Gasteiger charge is -2.09. The minimum atomic E-state index is -0.359. The largest absolute Gasteiger partial charge is 0.465 e. The summed E-state index contributed by atoms with van der Waals surface area (Å²) in [5.41, 5.74) is 2.13. The minimum absolute atomic E-state index is 0.349. The van der Waals surface area contributed by atoms with E-state index >= 15 is 0 Å². The number of anilines is 1. The molecule has 0 aliphatic heterocycles. The Bertz CT molecular complexity index is 861. The van der Waals surface area contributed by atoms with Crippen LogP contribution in [0.5, 0.6) is 0 Å². The highest BCUT2D eigenvalue weighted by molar-refractivity contribution is 5.89. The molecule has 1 aromatic heterocycles. The summed E-state index contributed by atoms with van der Waals surface area (Å²) in [5, 5.41) is 3.53. The Kier molecular flexibility index (Phi) is 4.65. The Morgan fingerprint density at radius 2 is 1.96 bits per heavy atom. The molecule has 5 nitrogen and oxygen atoms in total. The van der Waals surface area contributed by atoms with Crippen molar-refractivity contribution in [3.05, 3.63) is 65.7 Å². The monoisotopic (exact) mass is 325 g/mol. The maximum absolute atomic E-state index is 14.0. The van der Waals surface area contributed by atoms with E-state index in [0.717, 1.165) is 5.56 Å². The van der Waals surface area contributed by atoms with Crippen LogP contribution in [0.2, 0.25) is 0 Å². The summed E-state index contributed by atoms with van der Waals surface area (Å²) >= 11 is 0. The van der Waals surface area contributed by atoms with E-state index in [0.29, 0.717) is 35.2 Å². The zero-order valence-corrected chi connectivity index (χ0v) is 13.1. The maximum atomic E-state index is 14.0. The Labute approximate surface area is 138 Å². The average Bonchev–Trinajstić information content (AvgIpc) is 2.62. The fourth-order valence-electron chi connectivity index (χ4n) is 2.45. The zero-order valence-electron chi connectivity index (χ0n) is 13.1. The second kappa shape index (κ2) is 7.04. The van der Waals surface area contributed by atoms with Crippen molar-refractivity contribution in [1.29, 1.82) is 0 Å². The van der Waals surface area contributed by atoms with Gasteiger partial charge in [-0.3, -0.25) is 0 Å². The number of benzene rings is 2. The highest BCUT2D eigenvalue weighted by Crippen LogP contribution is 2.22. The SMILES string of the molecule is COC(=O)c1ccc(CCNc2ncnc3cccc(F)c23)cc1. The lowest BCUT2D eigenvalue weighted by molar-refractivity contribution is 0.0600. The van der Waals surface area contributed by atoms with Crippen molar-refractivity contribution in [3.8, 4) is 0 Å². The second-order valence-electron chi connectivity index (χ2n) is 5.22. The van der Waals surface area contributed by atoms with E-state index < -0.39 is 0 Å². The van der Waals surface area contributed by atoms with Crippen molar-refractivity contribution in [2.45, 2.75) is 6.42 Å². The van der Waals surface area contributed by atoms with Crippen molar-refractivity contribution in [3.63, 3.8) is 0 Å². The predicted molar refractivity (Wildman–Crippen MR) is 89.5 cm³/mol. The van der Waals surface area contributed by atoms with Gasteiger partial charge in [-0.05, 0) is 36.2 Å². The van der Waals surface area contributed by atoms with Crippen LogP contribution in [0.15, 0.2) is 48.8 Å². The molecular formula is C18H16FN3O2. The molecule has 0 saturated heterocycles. The van der Waals surface area contributed by atoms with E-state index in [1.54, 1.807) is 24.3 Å². The Morgan fingerprint density at radius 1 is 1.17 bits per heavy atom. The van der Waals surface area contributed by atoms with Gasteiger partial charge >= 0.3 is 5.97 Å². The van der Waals surface area contributed by atoms with Crippen LogP contribution in [0.4, 0.5) is 10.2 Å². The van der Waals surface area contributed by atoms with Crippen LogP contribution in [0.25, 0.3) is 10.9 Å². The smallest absolute Gasteiger partial charge is 0.337 e. The molecule has 1 N–H and O–H groups in total. The summed E-state index contributed by atoms with van der Waals surface area (Å²) in [5.74, 6) is -0.232. The molecule has 0 aliphatic carbocycles. The van der Waals surface area contributed by atoms with E-state index in [1.807, 2.05) is 12.1 Å². The molecule has 0 fully saturated rings. The van der Waals surface area contributed by atoms with Crippen molar-refractivity contribution in [1.82, 2.24) is 9.97 Å². The van der Waals surface area contributed by atoms with Crippen molar-refractivity contribution < 1.29 is 13.9 Å². The third-order valence-corrected chi connectivity index (χ3v) is 3.69. The summed E-state index contributed by atoms with van der Waals surface area (Å²) in [4.78, 5) is 19.6. The highest BCUT2D eigenvalue weighted by atomic mass is 19.1. The number of nitrogens with one attached hydrogen (secondary N) is 1. The first-order chi connectivity index (χ1) is 11.7. The third-order valence-electron chi connectivity index (χ3n) is 3.69. The first kappa shape index (κ1) is 15.9. The molecule has 122 valence electrons. The summed E-state index contributed by atoms with van der Waals surface area (Å²) in [6, 6.07) is 11.9. The number of hydrogen-bond donors (Lipinski definition) is 1. The Morgan fingerprint density at radius 3 is 2.71 bits per heavy atom. The molecule has 0 aliphatic rings. The quantitative estimate of drug-likeness (QED) is 0.730. The van der Waals surface area contributed by atoms with Gasteiger partial charge in [-0.15, -0.1) is 0 Å². The molecule has 0 amide bonds. The van der Waals surface area contributed by atoms with E-state index in [1.165, 1.54) is 19.5 Å². The number of rotatable bonds is 5. The standard InChI is InChI=1S/C18H16FN3O2/c1-24-18(23)13-7-5-12(6-8-13)9-10-20-17-16-14(19)3-2-4-15(16)21-11-22-17/h2-8,11H,9-10H2,1H3,(H,20,21,22). The van der Waals surface area contributed by atoms with E-state index in [9.17, 15) is 9.18 Å². The molecule has 1 heterocycles. The fraction of sp³-hybridized carbons (Fsp3) is 0.167. The number of esters is 1. The fourth-order valence-corrected chi connectivity index (χ4v) is 2.45. The van der Waals surface area contributed by atoms with Crippen LogP contribution >= 0.6 is 0 Å². The van der Waals surface area contributed by atoms with Gasteiger partial charge < -0.3 is 10.1 Å². The number of halogens is 1. The molecule has 3 aromatic rings. The van der Waals surface area contributed by atoms with Crippen LogP contribution in [0.1, 0.15) is 15.9 Å². The Hall–Kier alpha value is -3.02. The number of aromatic nitrogens is 2. The number of carbonyl (C=O) groups excluding carboxylic acids is 1. The van der Waals surface area contributed by atoms with Crippen molar-refractivity contribution >= 4 is 22.7 Å². The van der Waals surface area contributed by atoms with E-state index in [2.05, 4.69) is 20.0 Å². The van der Waals surface area contributed by atoms with Gasteiger partial charge in [-0.2, -0.15) is 0 Å². The number of carbonyl (C=O) groups is 1. The van der Waals surface area contributed by atoms with E-state index in [4.69, 9.17) is 0 Å². The Balaban J connectivity index is 1.68. The summed E-state index contributed by atoms with van der Waals surface area (Å²) < 4.78 is 18.7.